The zero-order chi connectivity index (χ0) is 14.1. The lowest BCUT2D eigenvalue weighted by Gasteiger charge is -2.12. The van der Waals surface area contributed by atoms with E-state index in [4.69, 9.17) is 4.74 Å². The normalized spacial score (nSPS) is 15.8. The predicted octanol–water partition coefficient (Wildman–Crippen LogP) is 2.26. The minimum Gasteiger partial charge on any atom is -0.491 e. The summed E-state index contributed by atoms with van der Waals surface area (Å²) < 4.78 is 5.50. The van der Waals surface area contributed by atoms with Crippen LogP contribution in [0.2, 0.25) is 0 Å². The summed E-state index contributed by atoms with van der Waals surface area (Å²) in [7, 11) is 0. The minimum atomic E-state index is -0.713. The second kappa shape index (κ2) is 5.26. The highest BCUT2D eigenvalue weighted by atomic mass is 32.1. The Balaban J connectivity index is 1.97. The quantitative estimate of drug-likeness (QED) is 0.891. The number of benzene rings is 1. The Morgan fingerprint density at radius 3 is 2.95 bits per heavy atom. The van der Waals surface area contributed by atoms with Gasteiger partial charge in [-0.1, -0.05) is 6.07 Å². The molecule has 2 aromatic rings. The highest BCUT2D eigenvalue weighted by Gasteiger charge is 2.20. The lowest BCUT2D eigenvalue weighted by molar-refractivity contribution is 0.0957. The number of rotatable bonds is 2. The lowest BCUT2D eigenvalue weighted by atomic mass is 10.0. The number of amides is 1. The van der Waals surface area contributed by atoms with Gasteiger partial charge in [0.2, 0.25) is 0 Å². The van der Waals surface area contributed by atoms with Crippen molar-refractivity contribution in [3.05, 3.63) is 51.2 Å². The van der Waals surface area contributed by atoms with Gasteiger partial charge in [0.25, 0.3) is 5.91 Å². The Labute approximate surface area is 121 Å². The molecular formula is C15H15NO3S. The first-order valence-electron chi connectivity index (χ1n) is 6.44. The van der Waals surface area contributed by atoms with E-state index in [2.05, 4.69) is 5.32 Å². The molecule has 0 radical (unpaired) electrons. The minimum absolute atomic E-state index is 0.158. The van der Waals surface area contributed by atoms with Crippen LogP contribution in [0.1, 0.15) is 31.8 Å². The van der Waals surface area contributed by atoms with Crippen LogP contribution in [0.25, 0.3) is 0 Å². The molecule has 104 valence electrons. The van der Waals surface area contributed by atoms with E-state index in [1.807, 2.05) is 19.1 Å². The van der Waals surface area contributed by atoms with Crippen molar-refractivity contribution in [1.29, 1.82) is 0 Å². The van der Waals surface area contributed by atoms with Gasteiger partial charge in [0.05, 0.1) is 12.1 Å². The van der Waals surface area contributed by atoms with Crippen molar-refractivity contribution in [3.63, 3.8) is 0 Å². The molecule has 0 spiro atoms. The number of hydrogen-bond acceptors (Lipinski definition) is 4. The van der Waals surface area contributed by atoms with Gasteiger partial charge in [0.15, 0.2) is 0 Å². The third-order valence-electron chi connectivity index (χ3n) is 3.24. The summed E-state index contributed by atoms with van der Waals surface area (Å²) in [5.74, 6) is 0.409. The van der Waals surface area contributed by atoms with Gasteiger partial charge in [-0.15, -0.1) is 11.3 Å². The fraction of sp³-hybridized carbons (Fsp3) is 0.267. The van der Waals surface area contributed by atoms with Gasteiger partial charge in [-0.25, -0.2) is 0 Å². The summed E-state index contributed by atoms with van der Waals surface area (Å²) in [5, 5.41) is 13.2. The third-order valence-corrected chi connectivity index (χ3v) is 4.29. The second-order valence-corrected chi connectivity index (χ2v) is 6.03. The van der Waals surface area contributed by atoms with Crippen LogP contribution in [-0.4, -0.2) is 24.2 Å². The maximum Gasteiger partial charge on any atom is 0.255 e. The summed E-state index contributed by atoms with van der Waals surface area (Å²) in [4.78, 5) is 14.0. The highest BCUT2D eigenvalue weighted by molar-refractivity contribution is 7.12. The molecule has 1 atom stereocenters. The van der Waals surface area contributed by atoms with Crippen molar-refractivity contribution in [2.75, 3.05) is 13.2 Å². The number of carbonyl (C=O) groups excluding carboxylic acids is 1. The summed E-state index contributed by atoms with van der Waals surface area (Å²) >= 11 is 1.55. The van der Waals surface area contributed by atoms with Crippen LogP contribution >= 0.6 is 11.3 Å². The maximum absolute atomic E-state index is 12.0. The van der Waals surface area contributed by atoms with Crippen molar-refractivity contribution >= 4 is 17.2 Å². The second-order valence-electron chi connectivity index (χ2n) is 4.71. The summed E-state index contributed by atoms with van der Waals surface area (Å²) in [5.41, 5.74) is 1.18. The number of aliphatic hydroxyl groups is 1. The molecule has 2 N–H and O–H groups in total. The number of nitrogens with one attached hydrogen (secondary N) is 1. The number of ether oxygens (including phenoxy) is 1. The number of fused-ring (bicyclic) bond motifs is 1. The van der Waals surface area contributed by atoms with E-state index < -0.39 is 6.10 Å². The van der Waals surface area contributed by atoms with Gasteiger partial charge in [0.1, 0.15) is 18.5 Å². The fourth-order valence-electron chi connectivity index (χ4n) is 2.21. The highest BCUT2D eigenvalue weighted by Crippen LogP contribution is 2.31. The van der Waals surface area contributed by atoms with Crippen LogP contribution in [0, 0.1) is 6.92 Å². The van der Waals surface area contributed by atoms with Gasteiger partial charge in [-0.3, -0.25) is 4.79 Å². The molecule has 5 heteroatoms. The molecule has 3 rings (SSSR count). The average Bonchev–Trinajstić information content (AvgIpc) is 2.80. The largest absolute Gasteiger partial charge is 0.491 e. The van der Waals surface area contributed by atoms with E-state index in [-0.39, 0.29) is 5.91 Å². The van der Waals surface area contributed by atoms with Crippen molar-refractivity contribution in [3.8, 4) is 5.75 Å². The topological polar surface area (TPSA) is 58.6 Å². The van der Waals surface area contributed by atoms with Crippen molar-refractivity contribution in [2.24, 2.45) is 0 Å². The first-order valence-corrected chi connectivity index (χ1v) is 7.26. The molecule has 0 saturated carbocycles. The summed E-state index contributed by atoms with van der Waals surface area (Å²) in [6.07, 6.45) is -0.713. The molecule has 1 aliphatic rings. The zero-order valence-electron chi connectivity index (χ0n) is 11.1. The van der Waals surface area contributed by atoms with Gasteiger partial charge in [-0.05, 0) is 36.8 Å². The SMILES string of the molecule is Cc1ccc(C(O)c2ccc3c(c2)C(=O)NCCO3)s1. The van der Waals surface area contributed by atoms with Crippen LogP contribution in [0.5, 0.6) is 5.75 Å². The van der Waals surface area contributed by atoms with Gasteiger partial charge in [0, 0.05) is 9.75 Å². The molecule has 0 saturated heterocycles. The van der Waals surface area contributed by atoms with E-state index in [1.54, 1.807) is 29.5 Å². The number of thiophene rings is 1. The Hall–Kier alpha value is -1.85. The lowest BCUT2D eigenvalue weighted by Crippen LogP contribution is -2.24. The first kappa shape index (κ1) is 13.1. The molecule has 0 bridgehead atoms. The summed E-state index contributed by atoms with van der Waals surface area (Å²) in [6, 6.07) is 9.14. The number of hydrogen-bond donors (Lipinski definition) is 2. The van der Waals surface area contributed by atoms with E-state index in [1.165, 1.54) is 0 Å². The van der Waals surface area contributed by atoms with Crippen molar-refractivity contribution in [1.82, 2.24) is 5.32 Å². The number of carbonyl (C=O) groups is 1. The van der Waals surface area contributed by atoms with Crippen molar-refractivity contribution < 1.29 is 14.6 Å². The third kappa shape index (κ3) is 2.42. The molecule has 1 aromatic carbocycles. The predicted molar refractivity (Wildman–Crippen MR) is 77.4 cm³/mol. The Morgan fingerprint density at radius 1 is 1.35 bits per heavy atom. The Bertz CT molecular complexity index is 650. The maximum atomic E-state index is 12.0. The molecule has 2 heterocycles. The van der Waals surface area contributed by atoms with Gasteiger partial charge >= 0.3 is 0 Å². The van der Waals surface area contributed by atoms with Crippen LogP contribution in [0.4, 0.5) is 0 Å². The van der Waals surface area contributed by atoms with E-state index in [9.17, 15) is 9.90 Å². The fourth-order valence-corrected chi connectivity index (χ4v) is 3.10. The molecule has 1 aromatic heterocycles. The molecule has 4 nitrogen and oxygen atoms in total. The van der Waals surface area contributed by atoms with Crippen LogP contribution in [-0.2, 0) is 0 Å². The van der Waals surface area contributed by atoms with Crippen LogP contribution in [0.3, 0.4) is 0 Å². The number of aryl methyl sites for hydroxylation is 1. The average molecular weight is 289 g/mol. The molecule has 1 aliphatic heterocycles. The molecule has 0 aliphatic carbocycles. The van der Waals surface area contributed by atoms with Crippen LogP contribution < -0.4 is 10.1 Å². The van der Waals surface area contributed by atoms with Crippen LogP contribution in [0.15, 0.2) is 30.3 Å². The van der Waals surface area contributed by atoms with Gasteiger partial charge in [-0.2, -0.15) is 0 Å². The van der Waals surface area contributed by atoms with E-state index >= 15 is 0 Å². The smallest absolute Gasteiger partial charge is 0.255 e. The molecule has 0 fully saturated rings. The molecular weight excluding hydrogens is 274 g/mol. The van der Waals surface area contributed by atoms with E-state index in [0.29, 0.717) is 30.0 Å². The Kier molecular flexibility index (Phi) is 3.46. The molecule has 1 amide bonds. The first-order chi connectivity index (χ1) is 9.65. The molecule has 20 heavy (non-hydrogen) atoms. The molecule has 1 unspecified atom stereocenters. The monoisotopic (exact) mass is 289 g/mol. The van der Waals surface area contributed by atoms with Crippen molar-refractivity contribution in [2.45, 2.75) is 13.0 Å². The standard InChI is InChI=1S/C15H15NO3S/c1-9-2-5-13(20-9)14(17)10-3-4-12-11(8-10)15(18)16-6-7-19-12/h2-5,8,14,17H,6-7H2,1H3,(H,16,18). The van der Waals surface area contributed by atoms with Gasteiger partial charge < -0.3 is 15.2 Å². The summed E-state index contributed by atoms with van der Waals surface area (Å²) in [6.45, 7) is 2.96. The number of aliphatic hydroxyl groups excluding tert-OH is 1. The zero-order valence-corrected chi connectivity index (χ0v) is 11.9. The Morgan fingerprint density at radius 2 is 2.20 bits per heavy atom. The van der Waals surface area contributed by atoms with E-state index in [0.717, 1.165) is 9.75 Å².